The van der Waals surface area contributed by atoms with Crippen molar-refractivity contribution in [2.75, 3.05) is 38.5 Å². The molecule has 0 bridgehead atoms. The summed E-state index contributed by atoms with van der Waals surface area (Å²) in [6.07, 6.45) is 0. The van der Waals surface area contributed by atoms with Crippen LogP contribution in [-0.2, 0) is 4.79 Å². The Hall–Kier alpha value is -2.60. The summed E-state index contributed by atoms with van der Waals surface area (Å²) < 4.78 is 15.4. The molecule has 0 fully saturated rings. The highest BCUT2D eigenvalue weighted by Gasteiger charge is 2.07. The molecule has 0 atom stereocenters. The van der Waals surface area contributed by atoms with Crippen molar-refractivity contribution >= 4 is 28.9 Å². The van der Waals surface area contributed by atoms with Crippen molar-refractivity contribution < 1.29 is 19.0 Å². The van der Waals surface area contributed by atoms with Crippen LogP contribution in [0, 0.1) is 0 Å². The van der Waals surface area contributed by atoms with Gasteiger partial charge in [-0.15, -0.1) is 0 Å². The fourth-order valence-corrected chi connectivity index (χ4v) is 2.30. The van der Waals surface area contributed by atoms with E-state index < -0.39 is 0 Å². The van der Waals surface area contributed by atoms with Crippen molar-refractivity contribution in [3.63, 3.8) is 0 Å². The maximum Gasteiger partial charge on any atom is 0.243 e. The van der Waals surface area contributed by atoms with Gasteiger partial charge in [0.15, 0.2) is 0 Å². The summed E-state index contributed by atoms with van der Waals surface area (Å²) in [5, 5.41) is 6.25. The Labute approximate surface area is 145 Å². The maximum absolute atomic E-state index is 12.1. The summed E-state index contributed by atoms with van der Waals surface area (Å²) in [6, 6.07) is 10.4. The first-order chi connectivity index (χ1) is 11.5. The summed E-state index contributed by atoms with van der Waals surface area (Å²) in [5.74, 6) is 1.56. The summed E-state index contributed by atoms with van der Waals surface area (Å²) in [6.45, 7) is 0.0855. The number of ether oxygens (including phenoxy) is 3. The molecule has 2 aromatic carbocycles. The lowest BCUT2D eigenvalue weighted by Gasteiger charge is -2.11. The lowest BCUT2D eigenvalue weighted by Crippen LogP contribution is -2.21. The normalized spacial score (nSPS) is 10.0. The summed E-state index contributed by atoms with van der Waals surface area (Å²) in [7, 11) is 4.65. The quantitative estimate of drug-likeness (QED) is 0.800. The van der Waals surface area contributed by atoms with Crippen LogP contribution in [0.2, 0.25) is 5.02 Å². The number of carbonyl (C=O) groups is 1. The largest absolute Gasteiger partial charge is 0.497 e. The van der Waals surface area contributed by atoms with Crippen LogP contribution in [-0.4, -0.2) is 33.8 Å². The number of nitrogens with one attached hydrogen (secondary N) is 2. The molecule has 6 nitrogen and oxygen atoms in total. The standard InChI is InChI=1S/C17H19ClN2O4/c1-22-13-6-12(7-14(9-13)23-2)20-17(21)10-19-11-4-5-16(24-3)15(18)8-11/h4-9,19H,10H2,1-3H3,(H,20,21). The second kappa shape index (κ2) is 8.31. The Morgan fingerprint density at radius 3 is 2.17 bits per heavy atom. The van der Waals surface area contributed by atoms with Gasteiger partial charge in [-0.25, -0.2) is 0 Å². The number of rotatable bonds is 7. The van der Waals surface area contributed by atoms with Crippen LogP contribution in [0.4, 0.5) is 11.4 Å². The number of methoxy groups -OCH3 is 3. The Morgan fingerprint density at radius 2 is 1.62 bits per heavy atom. The molecule has 0 aliphatic rings. The van der Waals surface area contributed by atoms with Crippen LogP contribution in [0.25, 0.3) is 0 Å². The number of amides is 1. The number of hydrogen-bond acceptors (Lipinski definition) is 5. The molecule has 2 rings (SSSR count). The van der Waals surface area contributed by atoms with E-state index in [0.29, 0.717) is 28.0 Å². The zero-order valence-corrected chi connectivity index (χ0v) is 14.4. The van der Waals surface area contributed by atoms with Crippen LogP contribution in [0.1, 0.15) is 0 Å². The van der Waals surface area contributed by atoms with E-state index in [4.69, 9.17) is 25.8 Å². The molecule has 0 aliphatic carbocycles. The third-order valence-electron chi connectivity index (χ3n) is 3.24. The van der Waals surface area contributed by atoms with Crippen LogP contribution in [0.5, 0.6) is 17.2 Å². The van der Waals surface area contributed by atoms with E-state index in [2.05, 4.69) is 10.6 Å². The van der Waals surface area contributed by atoms with Gasteiger partial charge in [0.05, 0.1) is 32.9 Å². The highest BCUT2D eigenvalue weighted by atomic mass is 35.5. The van der Waals surface area contributed by atoms with Crippen molar-refractivity contribution in [2.24, 2.45) is 0 Å². The molecule has 0 heterocycles. The lowest BCUT2D eigenvalue weighted by molar-refractivity contribution is -0.114. The monoisotopic (exact) mass is 350 g/mol. The summed E-state index contributed by atoms with van der Waals surface area (Å²) >= 11 is 6.05. The molecule has 0 spiro atoms. The Morgan fingerprint density at radius 1 is 0.958 bits per heavy atom. The second-order valence-electron chi connectivity index (χ2n) is 4.85. The minimum atomic E-state index is -0.211. The molecule has 24 heavy (non-hydrogen) atoms. The fourth-order valence-electron chi connectivity index (χ4n) is 2.04. The van der Waals surface area contributed by atoms with Crippen molar-refractivity contribution in [3.05, 3.63) is 41.4 Å². The predicted octanol–water partition coefficient (Wildman–Crippen LogP) is 3.42. The molecular formula is C17H19ClN2O4. The SMILES string of the molecule is COc1cc(NC(=O)CNc2ccc(OC)c(Cl)c2)cc(OC)c1. The van der Waals surface area contributed by atoms with Crippen LogP contribution < -0.4 is 24.8 Å². The zero-order chi connectivity index (χ0) is 17.5. The van der Waals surface area contributed by atoms with Crippen LogP contribution in [0.3, 0.4) is 0 Å². The van der Waals surface area contributed by atoms with E-state index in [-0.39, 0.29) is 12.5 Å². The molecule has 2 N–H and O–H groups in total. The van der Waals surface area contributed by atoms with Gasteiger partial charge in [0.1, 0.15) is 17.2 Å². The minimum absolute atomic E-state index is 0.0855. The van der Waals surface area contributed by atoms with E-state index in [0.717, 1.165) is 5.69 Å². The molecule has 0 aromatic heterocycles. The van der Waals surface area contributed by atoms with Gasteiger partial charge in [-0.3, -0.25) is 4.79 Å². The highest BCUT2D eigenvalue weighted by molar-refractivity contribution is 6.32. The summed E-state index contributed by atoms with van der Waals surface area (Å²) in [4.78, 5) is 12.1. The molecule has 0 saturated carbocycles. The maximum atomic E-state index is 12.1. The number of benzene rings is 2. The Balaban J connectivity index is 1.97. The predicted molar refractivity (Wildman–Crippen MR) is 94.7 cm³/mol. The molecule has 128 valence electrons. The first kappa shape index (κ1) is 17.7. The number of hydrogen-bond donors (Lipinski definition) is 2. The van der Waals surface area contributed by atoms with Crippen LogP contribution in [0.15, 0.2) is 36.4 Å². The van der Waals surface area contributed by atoms with Crippen molar-refractivity contribution in [3.8, 4) is 17.2 Å². The fraction of sp³-hybridized carbons (Fsp3) is 0.235. The third kappa shape index (κ3) is 4.70. The molecular weight excluding hydrogens is 332 g/mol. The first-order valence-electron chi connectivity index (χ1n) is 7.16. The zero-order valence-electron chi connectivity index (χ0n) is 13.7. The average Bonchev–Trinajstić information content (AvgIpc) is 2.59. The molecule has 7 heteroatoms. The van der Waals surface area contributed by atoms with E-state index in [1.54, 1.807) is 57.7 Å². The van der Waals surface area contributed by atoms with Crippen molar-refractivity contribution in [1.29, 1.82) is 0 Å². The Kier molecular flexibility index (Phi) is 6.14. The number of anilines is 2. The topological polar surface area (TPSA) is 68.8 Å². The van der Waals surface area contributed by atoms with Gasteiger partial charge < -0.3 is 24.8 Å². The van der Waals surface area contributed by atoms with Gasteiger partial charge in [-0.05, 0) is 18.2 Å². The number of carbonyl (C=O) groups excluding carboxylic acids is 1. The van der Waals surface area contributed by atoms with E-state index in [1.807, 2.05) is 0 Å². The van der Waals surface area contributed by atoms with Gasteiger partial charge in [0.2, 0.25) is 5.91 Å². The molecule has 0 radical (unpaired) electrons. The Bertz CT molecular complexity index is 699. The number of halogens is 1. The van der Waals surface area contributed by atoms with Crippen LogP contribution >= 0.6 is 11.6 Å². The molecule has 0 unspecified atom stereocenters. The third-order valence-corrected chi connectivity index (χ3v) is 3.54. The molecule has 0 saturated heterocycles. The van der Waals surface area contributed by atoms with Crippen molar-refractivity contribution in [1.82, 2.24) is 0 Å². The van der Waals surface area contributed by atoms with Crippen molar-refractivity contribution in [2.45, 2.75) is 0 Å². The smallest absolute Gasteiger partial charge is 0.243 e. The summed E-state index contributed by atoms with van der Waals surface area (Å²) in [5.41, 5.74) is 1.31. The average molecular weight is 351 g/mol. The van der Waals surface area contributed by atoms with Gasteiger partial charge in [-0.1, -0.05) is 11.6 Å². The van der Waals surface area contributed by atoms with E-state index in [9.17, 15) is 4.79 Å². The molecule has 2 aromatic rings. The highest BCUT2D eigenvalue weighted by Crippen LogP contribution is 2.27. The first-order valence-corrected chi connectivity index (χ1v) is 7.54. The second-order valence-corrected chi connectivity index (χ2v) is 5.26. The van der Waals surface area contributed by atoms with Gasteiger partial charge >= 0.3 is 0 Å². The van der Waals surface area contributed by atoms with Gasteiger partial charge in [-0.2, -0.15) is 0 Å². The van der Waals surface area contributed by atoms with Gasteiger partial charge in [0, 0.05) is 29.6 Å². The van der Waals surface area contributed by atoms with E-state index in [1.165, 1.54) is 0 Å². The minimum Gasteiger partial charge on any atom is -0.497 e. The van der Waals surface area contributed by atoms with E-state index >= 15 is 0 Å². The lowest BCUT2D eigenvalue weighted by atomic mass is 10.2. The molecule has 0 aliphatic heterocycles. The molecule has 1 amide bonds. The van der Waals surface area contributed by atoms with Gasteiger partial charge in [0.25, 0.3) is 0 Å².